The molecular formula is C12H18N4O. The van der Waals surface area contributed by atoms with Crippen LogP contribution in [0.1, 0.15) is 30.8 Å². The number of hydrogen-bond acceptors (Lipinski definition) is 4. The Balaban J connectivity index is 2.01. The van der Waals surface area contributed by atoms with Crippen LogP contribution in [0.25, 0.3) is 0 Å². The summed E-state index contributed by atoms with van der Waals surface area (Å²) >= 11 is 0. The van der Waals surface area contributed by atoms with E-state index in [4.69, 9.17) is 4.42 Å². The van der Waals surface area contributed by atoms with E-state index in [9.17, 15) is 0 Å². The largest absolute Gasteiger partial charge is 0.469 e. The Kier molecular flexibility index (Phi) is 3.93. The highest BCUT2D eigenvalue weighted by molar-refractivity contribution is 5.05. The van der Waals surface area contributed by atoms with Crippen molar-refractivity contribution in [2.24, 2.45) is 0 Å². The Bertz CT molecular complexity index is 435. The van der Waals surface area contributed by atoms with E-state index in [1.165, 1.54) is 0 Å². The van der Waals surface area contributed by atoms with Crippen LogP contribution < -0.4 is 5.32 Å². The lowest BCUT2D eigenvalue weighted by atomic mass is 10.1. The fourth-order valence-corrected chi connectivity index (χ4v) is 1.96. The molecule has 0 amide bonds. The van der Waals surface area contributed by atoms with Crippen molar-refractivity contribution in [3.63, 3.8) is 0 Å². The van der Waals surface area contributed by atoms with Gasteiger partial charge in [-0.1, -0.05) is 5.21 Å². The Hall–Kier alpha value is -1.62. The molecule has 1 atom stereocenters. The first-order chi connectivity index (χ1) is 8.35. The molecule has 0 bridgehead atoms. The van der Waals surface area contributed by atoms with Gasteiger partial charge in [-0.15, -0.1) is 5.10 Å². The molecule has 0 saturated carbocycles. The molecule has 0 radical (unpaired) electrons. The summed E-state index contributed by atoms with van der Waals surface area (Å²) in [6, 6.07) is 4.18. The van der Waals surface area contributed by atoms with Crippen molar-refractivity contribution in [1.29, 1.82) is 0 Å². The predicted octanol–water partition coefficient (Wildman–Crippen LogP) is 1.78. The zero-order valence-electron chi connectivity index (χ0n) is 10.3. The number of nitrogens with zero attached hydrogens (tertiary/aromatic N) is 3. The van der Waals surface area contributed by atoms with Gasteiger partial charge in [0.05, 0.1) is 24.2 Å². The number of hydrogen-bond donors (Lipinski definition) is 1. The van der Waals surface area contributed by atoms with E-state index >= 15 is 0 Å². The summed E-state index contributed by atoms with van der Waals surface area (Å²) in [5.74, 6) is 1.01. The second-order valence-electron chi connectivity index (χ2n) is 3.93. The van der Waals surface area contributed by atoms with Crippen LogP contribution in [0.15, 0.2) is 29.0 Å². The van der Waals surface area contributed by atoms with Gasteiger partial charge in [0.1, 0.15) is 5.76 Å². The van der Waals surface area contributed by atoms with Crippen molar-refractivity contribution in [3.8, 4) is 0 Å². The molecule has 2 aromatic rings. The Morgan fingerprint density at radius 1 is 1.53 bits per heavy atom. The molecule has 2 rings (SSSR count). The molecule has 0 aliphatic carbocycles. The maximum absolute atomic E-state index is 5.34. The van der Waals surface area contributed by atoms with Crippen LogP contribution in [0.2, 0.25) is 0 Å². The van der Waals surface area contributed by atoms with Gasteiger partial charge < -0.3 is 9.73 Å². The fourth-order valence-electron chi connectivity index (χ4n) is 1.96. The normalized spacial score (nSPS) is 12.8. The first-order valence-electron chi connectivity index (χ1n) is 5.93. The summed E-state index contributed by atoms with van der Waals surface area (Å²) < 4.78 is 7.26. The minimum absolute atomic E-state index is 0.259. The zero-order chi connectivity index (χ0) is 12.1. The summed E-state index contributed by atoms with van der Waals surface area (Å²) in [5, 5.41) is 11.3. The van der Waals surface area contributed by atoms with Crippen LogP contribution >= 0.6 is 0 Å². The molecular weight excluding hydrogens is 216 g/mol. The molecule has 2 heterocycles. The minimum Gasteiger partial charge on any atom is -0.469 e. The maximum atomic E-state index is 5.34. The second-order valence-corrected chi connectivity index (χ2v) is 3.93. The van der Waals surface area contributed by atoms with Gasteiger partial charge in [-0.3, -0.25) is 0 Å². The topological polar surface area (TPSA) is 55.9 Å². The molecule has 0 aliphatic heterocycles. The first kappa shape index (κ1) is 11.9. The molecule has 2 aromatic heterocycles. The van der Waals surface area contributed by atoms with E-state index < -0.39 is 0 Å². The van der Waals surface area contributed by atoms with Crippen LogP contribution in [-0.4, -0.2) is 22.0 Å². The van der Waals surface area contributed by atoms with Crippen LogP contribution in [-0.2, 0) is 13.0 Å². The Labute approximate surface area is 101 Å². The highest BCUT2D eigenvalue weighted by Crippen LogP contribution is 2.18. The summed E-state index contributed by atoms with van der Waals surface area (Å²) in [7, 11) is 1.96. The van der Waals surface area contributed by atoms with E-state index in [-0.39, 0.29) is 6.04 Å². The summed E-state index contributed by atoms with van der Waals surface area (Å²) in [5.41, 5.74) is 1.13. The van der Waals surface area contributed by atoms with E-state index in [1.54, 1.807) is 6.26 Å². The summed E-state index contributed by atoms with van der Waals surface area (Å²) in [6.45, 7) is 2.91. The first-order valence-corrected chi connectivity index (χ1v) is 5.93. The van der Waals surface area contributed by atoms with Crippen LogP contribution in [0.4, 0.5) is 0 Å². The number of furan rings is 1. The Morgan fingerprint density at radius 2 is 2.41 bits per heavy atom. The standard InChI is InChI=1S/C12H18N4O/c1-3-16-12(9-14-15-16)11(13-2)7-6-10-5-4-8-17-10/h4-5,8-9,11,13H,3,6-7H2,1-2H3. The van der Waals surface area contributed by atoms with E-state index in [1.807, 2.05) is 30.1 Å². The van der Waals surface area contributed by atoms with Gasteiger partial charge >= 0.3 is 0 Å². The third-order valence-corrected chi connectivity index (χ3v) is 2.91. The van der Waals surface area contributed by atoms with Crippen molar-refractivity contribution < 1.29 is 4.42 Å². The lowest BCUT2D eigenvalue weighted by molar-refractivity contribution is 0.448. The lowest BCUT2D eigenvalue weighted by Crippen LogP contribution is -2.20. The lowest BCUT2D eigenvalue weighted by Gasteiger charge is -2.15. The van der Waals surface area contributed by atoms with Gasteiger partial charge in [0.15, 0.2) is 0 Å². The third-order valence-electron chi connectivity index (χ3n) is 2.91. The van der Waals surface area contributed by atoms with Crippen molar-refractivity contribution in [2.75, 3.05) is 7.05 Å². The van der Waals surface area contributed by atoms with E-state index in [0.717, 1.165) is 30.8 Å². The highest BCUT2D eigenvalue weighted by atomic mass is 16.3. The number of aryl methyl sites for hydroxylation is 2. The van der Waals surface area contributed by atoms with Gasteiger partial charge in [-0.05, 0) is 32.5 Å². The van der Waals surface area contributed by atoms with Crippen LogP contribution in [0.5, 0.6) is 0 Å². The van der Waals surface area contributed by atoms with Crippen molar-refractivity contribution in [3.05, 3.63) is 36.0 Å². The average molecular weight is 234 g/mol. The summed E-state index contributed by atoms with van der Waals surface area (Å²) in [6.07, 6.45) is 5.42. The minimum atomic E-state index is 0.259. The van der Waals surface area contributed by atoms with Crippen LogP contribution in [0.3, 0.4) is 0 Å². The maximum Gasteiger partial charge on any atom is 0.103 e. The van der Waals surface area contributed by atoms with E-state index in [0.29, 0.717) is 0 Å². The zero-order valence-corrected chi connectivity index (χ0v) is 10.3. The number of aromatic nitrogens is 3. The molecule has 0 spiro atoms. The van der Waals surface area contributed by atoms with Crippen LogP contribution in [0, 0.1) is 0 Å². The molecule has 0 aliphatic rings. The molecule has 0 aromatic carbocycles. The number of nitrogens with one attached hydrogen (secondary N) is 1. The third kappa shape index (κ3) is 2.74. The Morgan fingerprint density at radius 3 is 3.06 bits per heavy atom. The predicted molar refractivity (Wildman–Crippen MR) is 64.5 cm³/mol. The van der Waals surface area contributed by atoms with Crippen molar-refractivity contribution >= 4 is 0 Å². The highest BCUT2D eigenvalue weighted by Gasteiger charge is 2.15. The molecule has 1 unspecified atom stereocenters. The molecule has 5 heteroatoms. The van der Waals surface area contributed by atoms with Crippen molar-refractivity contribution in [1.82, 2.24) is 20.3 Å². The van der Waals surface area contributed by atoms with Gasteiger partial charge in [-0.2, -0.15) is 0 Å². The second kappa shape index (κ2) is 5.63. The van der Waals surface area contributed by atoms with Gasteiger partial charge in [0, 0.05) is 13.0 Å². The molecule has 0 fully saturated rings. The monoisotopic (exact) mass is 234 g/mol. The summed E-state index contributed by atoms with van der Waals surface area (Å²) in [4.78, 5) is 0. The van der Waals surface area contributed by atoms with Gasteiger partial charge in [0.25, 0.3) is 0 Å². The SMILES string of the molecule is CCn1nncc1C(CCc1ccco1)NC. The van der Waals surface area contributed by atoms with Gasteiger partial charge in [-0.25, -0.2) is 4.68 Å². The average Bonchev–Trinajstić information content (AvgIpc) is 3.00. The quantitative estimate of drug-likeness (QED) is 0.827. The molecule has 1 N–H and O–H groups in total. The molecule has 92 valence electrons. The molecule has 5 nitrogen and oxygen atoms in total. The smallest absolute Gasteiger partial charge is 0.103 e. The molecule has 0 saturated heterocycles. The van der Waals surface area contributed by atoms with Crippen molar-refractivity contribution in [2.45, 2.75) is 32.4 Å². The number of rotatable bonds is 6. The fraction of sp³-hybridized carbons (Fsp3) is 0.500. The van der Waals surface area contributed by atoms with E-state index in [2.05, 4.69) is 22.6 Å². The molecule has 17 heavy (non-hydrogen) atoms. The van der Waals surface area contributed by atoms with Gasteiger partial charge in [0.2, 0.25) is 0 Å².